The minimum absolute atomic E-state index is 0.357. The third-order valence-electron chi connectivity index (χ3n) is 4.16. The molecule has 0 bridgehead atoms. The van der Waals surface area contributed by atoms with Crippen molar-refractivity contribution in [1.29, 1.82) is 0 Å². The highest BCUT2D eigenvalue weighted by Crippen LogP contribution is 2.32. The van der Waals surface area contributed by atoms with Gasteiger partial charge in [0.1, 0.15) is 0 Å². The second-order valence-corrected chi connectivity index (χ2v) is 8.74. The summed E-state index contributed by atoms with van der Waals surface area (Å²) in [5.74, 6) is -0.373. The normalized spacial score (nSPS) is 15.7. The van der Waals surface area contributed by atoms with Crippen LogP contribution >= 0.6 is 50.9 Å². The molecule has 1 aliphatic heterocycles. The number of hydrogen-bond acceptors (Lipinski definition) is 3. The van der Waals surface area contributed by atoms with E-state index in [-0.39, 0.29) is 11.1 Å². The Morgan fingerprint density at radius 3 is 2.67 bits per heavy atom. The van der Waals surface area contributed by atoms with Gasteiger partial charge in [-0.25, -0.2) is 0 Å². The molecular formula is C19H11BrCl2N2O2S. The van der Waals surface area contributed by atoms with E-state index in [1.54, 1.807) is 18.2 Å². The third-order valence-corrected chi connectivity index (χ3v) is 6.05. The average molecular weight is 482 g/mol. The van der Waals surface area contributed by atoms with Gasteiger partial charge in [0.15, 0.2) is 0 Å². The average Bonchev–Trinajstić information content (AvgIpc) is 3.10. The van der Waals surface area contributed by atoms with Gasteiger partial charge < -0.3 is 4.57 Å². The van der Waals surface area contributed by atoms with Gasteiger partial charge in [0.2, 0.25) is 0 Å². The van der Waals surface area contributed by atoms with Gasteiger partial charge in [-0.1, -0.05) is 45.2 Å². The molecule has 0 spiro atoms. The lowest BCUT2D eigenvalue weighted by molar-refractivity contribution is -0.115. The summed E-state index contributed by atoms with van der Waals surface area (Å²) in [4.78, 5) is 23.7. The fourth-order valence-corrected chi connectivity index (χ4v) is 4.44. The largest absolute Gasteiger partial charge is 0.342 e. The van der Waals surface area contributed by atoms with Gasteiger partial charge in [-0.3, -0.25) is 14.9 Å². The number of carbonyl (C=O) groups is 2. The highest BCUT2D eigenvalue weighted by molar-refractivity contribution is 9.10. The van der Waals surface area contributed by atoms with Crippen LogP contribution in [0.3, 0.4) is 0 Å². The zero-order valence-electron chi connectivity index (χ0n) is 13.6. The highest BCUT2D eigenvalue weighted by Gasteiger charge is 2.25. The molecule has 27 heavy (non-hydrogen) atoms. The topological polar surface area (TPSA) is 51.1 Å². The van der Waals surface area contributed by atoms with Crippen molar-refractivity contribution in [2.24, 2.45) is 0 Å². The van der Waals surface area contributed by atoms with E-state index >= 15 is 0 Å². The Bertz CT molecular complexity index is 1140. The van der Waals surface area contributed by atoms with Crippen molar-refractivity contribution in [2.75, 3.05) is 0 Å². The fraction of sp³-hybridized carbons (Fsp3) is 0.0526. The quantitative estimate of drug-likeness (QED) is 0.461. The molecule has 2 amide bonds. The summed E-state index contributed by atoms with van der Waals surface area (Å²) < 4.78 is 2.99. The van der Waals surface area contributed by atoms with Crippen LogP contribution in [0.4, 0.5) is 4.79 Å². The number of carbonyl (C=O) groups excluding carboxylic acids is 2. The van der Waals surface area contributed by atoms with Crippen molar-refractivity contribution in [3.8, 4) is 0 Å². The van der Waals surface area contributed by atoms with Gasteiger partial charge in [0.25, 0.3) is 11.1 Å². The number of rotatable bonds is 3. The summed E-state index contributed by atoms with van der Waals surface area (Å²) in [6.45, 7) is 0.551. The number of benzene rings is 2. The summed E-state index contributed by atoms with van der Waals surface area (Å²) in [5.41, 5.74) is 2.78. The maximum absolute atomic E-state index is 11.9. The number of thioether (sulfide) groups is 1. The first-order valence-corrected chi connectivity index (χ1v) is 10.2. The standard InChI is InChI=1S/C19H11BrCl2N2O2S/c20-12-2-4-16-14(6-12)11(5-17-18(25)23-19(26)27-17)9-24(16)8-10-1-3-13(21)7-15(10)22/h1-7,9H,8H2,(H,23,25,26)/b17-5-. The molecule has 4 nitrogen and oxygen atoms in total. The molecule has 0 unspecified atom stereocenters. The molecule has 0 saturated carbocycles. The Labute approximate surface area is 177 Å². The van der Waals surface area contributed by atoms with Crippen LogP contribution in [0, 0.1) is 0 Å². The Kier molecular flexibility index (Phi) is 5.07. The van der Waals surface area contributed by atoms with E-state index < -0.39 is 0 Å². The molecule has 1 aliphatic rings. The van der Waals surface area contributed by atoms with E-state index in [1.165, 1.54) is 0 Å². The smallest absolute Gasteiger partial charge is 0.290 e. The predicted octanol–water partition coefficient (Wildman–Crippen LogP) is 6.08. The summed E-state index contributed by atoms with van der Waals surface area (Å²) in [5, 5.41) is 4.07. The minimum Gasteiger partial charge on any atom is -0.342 e. The fourth-order valence-electron chi connectivity index (χ4n) is 2.94. The zero-order chi connectivity index (χ0) is 19.1. The molecule has 2 aromatic carbocycles. The molecule has 3 aromatic rings. The van der Waals surface area contributed by atoms with E-state index in [4.69, 9.17) is 23.2 Å². The number of nitrogens with one attached hydrogen (secondary N) is 1. The van der Waals surface area contributed by atoms with Crippen LogP contribution in [0.2, 0.25) is 10.0 Å². The van der Waals surface area contributed by atoms with Gasteiger partial charge in [-0.2, -0.15) is 0 Å². The minimum atomic E-state index is -0.373. The molecule has 1 aromatic heterocycles. The number of amides is 2. The first-order chi connectivity index (χ1) is 12.9. The molecule has 1 N–H and O–H groups in total. The zero-order valence-corrected chi connectivity index (χ0v) is 17.5. The number of imide groups is 1. The van der Waals surface area contributed by atoms with Gasteiger partial charge in [0, 0.05) is 43.7 Å². The molecule has 1 saturated heterocycles. The first kappa shape index (κ1) is 18.6. The maximum atomic E-state index is 11.9. The molecule has 0 radical (unpaired) electrons. The lowest BCUT2D eigenvalue weighted by Gasteiger charge is -2.08. The van der Waals surface area contributed by atoms with Crippen LogP contribution in [-0.2, 0) is 11.3 Å². The van der Waals surface area contributed by atoms with E-state index in [2.05, 4.69) is 25.8 Å². The lowest BCUT2D eigenvalue weighted by Crippen LogP contribution is -2.17. The van der Waals surface area contributed by atoms with E-state index in [1.807, 2.05) is 30.5 Å². The SMILES string of the molecule is O=C1NC(=O)/C(=C/c2cn(Cc3ccc(Cl)cc3Cl)c3ccc(Br)cc23)S1. The molecule has 8 heteroatoms. The Hall–Kier alpha value is -1.73. The van der Waals surface area contributed by atoms with E-state index in [9.17, 15) is 9.59 Å². The molecule has 4 rings (SSSR count). The number of fused-ring (bicyclic) bond motifs is 1. The van der Waals surface area contributed by atoms with Crippen LogP contribution in [0.25, 0.3) is 17.0 Å². The van der Waals surface area contributed by atoms with Crippen molar-refractivity contribution in [2.45, 2.75) is 6.54 Å². The van der Waals surface area contributed by atoms with Crippen molar-refractivity contribution in [3.05, 3.63) is 73.1 Å². The van der Waals surface area contributed by atoms with E-state index in [0.29, 0.717) is 21.5 Å². The maximum Gasteiger partial charge on any atom is 0.290 e. The van der Waals surface area contributed by atoms with Crippen molar-refractivity contribution < 1.29 is 9.59 Å². The van der Waals surface area contributed by atoms with Crippen molar-refractivity contribution in [1.82, 2.24) is 9.88 Å². The van der Waals surface area contributed by atoms with Gasteiger partial charge >= 0.3 is 0 Å². The second kappa shape index (κ2) is 7.36. The number of aromatic nitrogens is 1. The van der Waals surface area contributed by atoms with Crippen LogP contribution in [0.15, 0.2) is 52.0 Å². The van der Waals surface area contributed by atoms with Gasteiger partial charge in [-0.05, 0) is 53.7 Å². The predicted molar refractivity (Wildman–Crippen MR) is 114 cm³/mol. The molecule has 136 valence electrons. The molecular weight excluding hydrogens is 471 g/mol. The molecule has 0 atom stereocenters. The number of nitrogens with zero attached hydrogens (tertiary/aromatic N) is 1. The lowest BCUT2D eigenvalue weighted by atomic mass is 10.1. The summed E-state index contributed by atoms with van der Waals surface area (Å²) in [6.07, 6.45) is 3.69. The van der Waals surface area contributed by atoms with Gasteiger partial charge in [-0.15, -0.1) is 0 Å². The van der Waals surface area contributed by atoms with E-state index in [0.717, 1.165) is 38.3 Å². The summed E-state index contributed by atoms with van der Waals surface area (Å²) in [6, 6.07) is 11.4. The van der Waals surface area contributed by atoms with Crippen molar-refractivity contribution >= 4 is 79.0 Å². The summed E-state index contributed by atoms with van der Waals surface area (Å²) >= 11 is 16.7. The second-order valence-electron chi connectivity index (χ2n) is 5.96. The van der Waals surface area contributed by atoms with Crippen LogP contribution < -0.4 is 5.32 Å². The Balaban J connectivity index is 1.81. The van der Waals surface area contributed by atoms with Crippen LogP contribution in [0.5, 0.6) is 0 Å². The number of hydrogen-bond donors (Lipinski definition) is 1. The summed E-state index contributed by atoms with van der Waals surface area (Å²) in [7, 11) is 0. The Morgan fingerprint density at radius 1 is 1.15 bits per heavy atom. The van der Waals surface area contributed by atoms with Gasteiger partial charge in [0.05, 0.1) is 4.91 Å². The molecule has 1 fully saturated rings. The van der Waals surface area contributed by atoms with Crippen LogP contribution in [-0.4, -0.2) is 15.7 Å². The molecule has 2 heterocycles. The third kappa shape index (κ3) is 3.80. The highest BCUT2D eigenvalue weighted by atomic mass is 79.9. The van der Waals surface area contributed by atoms with Crippen LogP contribution in [0.1, 0.15) is 11.1 Å². The number of halogens is 3. The first-order valence-electron chi connectivity index (χ1n) is 7.88. The van der Waals surface area contributed by atoms with Crippen molar-refractivity contribution in [3.63, 3.8) is 0 Å². The Morgan fingerprint density at radius 2 is 1.96 bits per heavy atom. The molecule has 0 aliphatic carbocycles. The monoisotopic (exact) mass is 480 g/mol.